The largest absolute Gasteiger partial charge is 0.508 e. The van der Waals surface area contributed by atoms with E-state index in [0.717, 1.165) is 18.2 Å². The average Bonchev–Trinajstić information content (AvgIpc) is 3.30. The molecular formula is C45H40O19. The standard InChI is InChI=1S/C45H40O19/c1-52-30-13-22(14-31(53-2)39(30)58-7)43(49)62-27-11-10-21(12-28(27)63-44(50)23-15-32(54-3)40(59-8)33(16-23)55-4)38-42(37(48)36-26(47)19-25(46)20-29(36)61-38)64-45(51)24-17-34(56-5)41(60-9)35(18-24)57-6/h10-20,46-47H,1-9H3. The number of phenolic OH excluding ortho intramolecular Hbond substituents is 2. The Morgan fingerprint density at radius 1 is 0.438 bits per heavy atom. The second kappa shape index (κ2) is 19.1. The molecule has 1 aromatic heterocycles. The third kappa shape index (κ3) is 8.67. The number of aromatic hydroxyl groups is 2. The summed E-state index contributed by atoms with van der Waals surface area (Å²) >= 11 is 0. The monoisotopic (exact) mass is 884 g/mol. The lowest BCUT2D eigenvalue weighted by molar-refractivity contribution is 0.0681. The van der Waals surface area contributed by atoms with E-state index in [1.165, 1.54) is 113 Å². The molecule has 2 N–H and O–H groups in total. The Bertz CT molecular complexity index is 2770. The normalized spacial score (nSPS) is 10.6. The molecule has 5 aromatic carbocycles. The molecule has 0 radical (unpaired) electrons. The average molecular weight is 885 g/mol. The van der Waals surface area contributed by atoms with Gasteiger partial charge in [-0.3, -0.25) is 4.79 Å². The van der Waals surface area contributed by atoms with E-state index in [1.807, 2.05) is 0 Å². The number of hydrogen-bond acceptors (Lipinski definition) is 19. The smallest absolute Gasteiger partial charge is 0.344 e. The van der Waals surface area contributed by atoms with Gasteiger partial charge in [0.05, 0.1) is 80.7 Å². The first-order valence-electron chi connectivity index (χ1n) is 18.5. The molecule has 0 aliphatic rings. The lowest BCUT2D eigenvalue weighted by atomic mass is 10.1. The van der Waals surface area contributed by atoms with E-state index in [1.54, 1.807) is 0 Å². The maximum absolute atomic E-state index is 14.2. The zero-order valence-electron chi connectivity index (χ0n) is 35.7. The first kappa shape index (κ1) is 45.1. The van der Waals surface area contributed by atoms with Crippen LogP contribution in [0, 0.1) is 0 Å². The molecule has 0 aliphatic carbocycles. The molecule has 64 heavy (non-hydrogen) atoms. The molecule has 19 heteroatoms. The number of hydrogen-bond donors (Lipinski definition) is 2. The number of ether oxygens (including phenoxy) is 12. The molecule has 0 atom stereocenters. The summed E-state index contributed by atoms with van der Waals surface area (Å²) in [5, 5.41) is 20.7. The predicted molar refractivity (Wildman–Crippen MR) is 224 cm³/mol. The zero-order chi connectivity index (χ0) is 46.4. The van der Waals surface area contributed by atoms with Gasteiger partial charge in [-0.25, -0.2) is 14.4 Å². The van der Waals surface area contributed by atoms with Crippen LogP contribution in [-0.4, -0.2) is 92.1 Å². The molecule has 1 heterocycles. The number of carbonyl (C=O) groups is 3. The van der Waals surface area contributed by atoms with Crippen LogP contribution in [0.15, 0.2) is 75.9 Å². The Morgan fingerprint density at radius 3 is 1.22 bits per heavy atom. The minimum Gasteiger partial charge on any atom is -0.508 e. The Morgan fingerprint density at radius 2 is 0.828 bits per heavy atom. The highest BCUT2D eigenvalue weighted by Gasteiger charge is 2.28. The molecule has 0 amide bonds. The first-order chi connectivity index (χ1) is 30.8. The predicted octanol–water partition coefficient (Wildman–Crippen LogP) is 6.61. The molecule has 0 unspecified atom stereocenters. The van der Waals surface area contributed by atoms with Gasteiger partial charge in [-0.05, 0) is 54.6 Å². The van der Waals surface area contributed by atoms with Gasteiger partial charge in [-0.2, -0.15) is 0 Å². The van der Waals surface area contributed by atoms with E-state index >= 15 is 0 Å². The van der Waals surface area contributed by atoms with Crippen LogP contribution in [0.25, 0.3) is 22.3 Å². The van der Waals surface area contributed by atoms with E-state index in [4.69, 9.17) is 61.3 Å². The SMILES string of the molecule is COc1cc(C(=O)Oc2ccc(-c3oc4cc(O)cc(O)c4c(=O)c3OC(=O)c3cc(OC)c(OC)c(OC)c3)cc2OC(=O)c2cc(OC)c(OC)c(OC)c2)cc(OC)c1OC. The summed E-state index contributed by atoms with van der Waals surface area (Å²) in [7, 11) is 12.2. The lowest BCUT2D eigenvalue weighted by Gasteiger charge is -2.17. The van der Waals surface area contributed by atoms with Crippen molar-refractivity contribution in [3.05, 3.63) is 93.6 Å². The maximum Gasteiger partial charge on any atom is 0.344 e. The van der Waals surface area contributed by atoms with E-state index in [0.29, 0.717) is 0 Å². The van der Waals surface area contributed by atoms with Crippen molar-refractivity contribution in [1.82, 2.24) is 0 Å². The van der Waals surface area contributed by atoms with Crippen molar-refractivity contribution in [3.8, 4) is 91.8 Å². The van der Waals surface area contributed by atoms with E-state index in [2.05, 4.69) is 0 Å². The molecule has 0 spiro atoms. The van der Waals surface area contributed by atoms with Crippen LogP contribution in [0.1, 0.15) is 31.1 Å². The second-order valence-corrected chi connectivity index (χ2v) is 13.0. The quantitative estimate of drug-likeness (QED) is 0.0769. The number of benzene rings is 5. The number of carbonyl (C=O) groups excluding carboxylic acids is 3. The van der Waals surface area contributed by atoms with E-state index in [9.17, 15) is 29.4 Å². The Labute approximate surface area is 363 Å². The Balaban J connectivity index is 1.54. The third-order valence-corrected chi connectivity index (χ3v) is 9.42. The van der Waals surface area contributed by atoms with Crippen molar-refractivity contribution in [1.29, 1.82) is 0 Å². The molecule has 6 rings (SSSR count). The minimum atomic E-state index is -1.12. The Hall–Kier alpha value is -8.48. The summed E-state index contributed by atoms with van der Waals surface area (Å²) in [5.41, 5.74) is -1.83. The van der Waals surface area contributed by atoms with Crippen molar-refractivity contribution in [2.75, 3.05) is 64.0 Å². The van der Waals surface area contributed by atoms with Crippen LogP contribution in [-0.2, 0) is 0 Å². The first-order valence-corrected chi connectivity index (χ1v) is 18.5. The molecule has 6 aromatic rings. The van der Waals surface area contributed by atoms with E-state index in [-0.39, 0.29) is 85.3 Å². The number of phenols is 2. The summed E-state index contributed by atoms with van der Waals surface area (Å²) < 4.78 is 71.9. The van der Waals surface area contributed by atoms with Gasteiger partial charge in [0.15, 0.2) is 51.8 Å². The summed E-state index contributed by atoms with van der Waals surface area (Å²) in [6.07, 6.45) is 0. The van der Waals surface area contributed by atoms with E-state index < -0.39 is 57.5 Å². The number of rotatable bonds is 16. The highest BCUT2D eigenvalue weighted by atomic mass is 16.6. The van der Waals surface area contributed by atoms with Gasteiger partial charge < -0.3 is 71.5 Å². The molecule has 0 aliphatic heterocycles. The Kier molecular flexibility index (Phi) is 13.4. The number of esters is 3. The van der Waals surface area contributed by atoms with Crippen LogP contribution in [0.4, 0.5) is 0 Å². The number of methoxy groups -OCH3 is 9. The molecule has 0 saturated carbocycles. The van der Waals surface area contributed by atoms with Crippen LogP contribution < -0.4 is 62.3 Å². The van der Waals surface area contributed by atoms with Gasteiger partial charge in [0.2, 0.25) is 28.4 Å². The highest BCUT2D eigenvalue weighted by molar-refractivity contribution is 5.97. The van der Waals surface area contributed by atoms with Crippen molar-refractivity contribution >= 4 is 28.9 Å². The van der Waals surface area contributed by atoms with Crippen LogP contribution in [0.3, 0.4) is 0 Å². The van der Waals surface area contributed by atoms with Gasteiger partial charge >= 0.3 is 17.9 Å². The van der Waals surface area contributed by atoms with Crippen molar-refractivity contribution in [3.63, 3.8) is 0 Å². The van der Waals surface area contributed by atoms with Gasteiger partial charge in [-0.1, -0.05) is 0 Å². The maximum atomic E-state index is 14.2. The third-order valence-electron chi connectivity index (χ3n) is 9.42. The van der Waals surface area contributed by atoms with Gasteiger partial charge in [-0.15, -0.1) is 0 Å². The fraction of sp³-hybridized carbons (Fsp3) is 0.200. The summed E-state index contributed by atoms with van der Waals surface area (Å²) in [6.45, 7) is 0. The lowest BCUT2D eigenvalue weighted by Crippen LogP contribution is -2.17. The molecule has 334 valence electrons. The zero-order valence-corrected chi connectivity index (χ0v) is 35.7. The second-order valence-electron chi connectivity index (χ2n) is 13.0. The molecule has 19 nitrogen and oxygen atoms in total. The highest BCUT2D eigenvalue weighted by Crippen LogP contribution is 2.44. The summed E-state index contributed by atoms with van der Waals surface area (Å²) in [5.74, 6) is -5.06. The number of fused-ring (bicyclic) bond motifs is 1. The fourth-order valence-corrected chi connectivity index (χ4v) is 6.43. The minimum absolute atomic E-state index is 0.0680. The van der Waals surface area contributed by atoms with Gasteiger partial charge in [0, 0.05) is 17.7 Å². The van der Waals surface area contributed by atoms with Crippen LogP contribution in [0.2, 0.25) is 0 Å². The topological polar surface area (TPSA) is 233 Å². The fourth-order valence-electron chi connectivity index (χ4n) is 6.43. The molecule has 0 bridgehead atoms. The molecule has 0 fully saturated rings. The summed E-state index contributed by atoms with van der Waals surface area (Å²) in [6, 6.07) is 13.4. The van der Waals surface area contributed by atoms with Crippen molar-refractivity contribution < 1.29 is 85.9 Å². The molecule has 0 saturated heterocycles. The van der Waals surface area contributed by atoms with Crippen molar-refractivity contribution in [2.45, 2.75) is 0 Å². The van der Waals surface area contributed by atoms with Crippen LogP contribution >= 0.6 is 0 Å². The van der Waals surface area contributed by atoms with Crippen LogP contribution in [0.5, 0.6) is 80.5 Å². The van der Waals surface area contributed by atoms with Gasteiger partial charge in [0.1, 0.15) is 22.5 Å². The summed E-state index contributed by atoms with van der Waals surface area (Å²) in [4.78, 5) is 55.9. The van der Waals surface area contributed by atoms with Crippen molar-refractivity contribution in [2.24, 2.45) is 0 Å². The molecular weight excluding hydrogens is 844 g/mol. The van der Waals surface area contributed by atoms with Gasteiger partial charge in [0.25, 0.3) is 0 Å².